The predicted molar refractivity (Wildman–Crippen MR) is 62.1 cm³/mol. The van der Waals surface area contributed by atoms with E-state index >= 15 is 0 Å². The van der Waals surface area contributed by atoms with Gasteiger partial charge in [0.05, 0.1) is 7.11 Å². The number of thiophene rings is 1. The first-order valence-electron chi connectivity index (χ1n) is 4.71. The van der Waals surface area contributed by atoms with Crippen molar-refractivity contribution in [2.45, 2.75) is 6.04 Å². The lowest BCUT2D eigenvalue weighted by atomic mass is 10.2. The fraction of sp³-hybridized carbons (Fsp3) is 0.200. The highest BCUT2D eigenvalue weighted by atomic mass is 32.1. The lowest BCUT2D eigenvalue weighted by molar-refractivity contribution is 0.383. The van der Waals surface area contributed by atoms with E-state index in [2.05, 4.69) is 15.4 Å². The molecule has 1 unspecified atom stereocenters. The molecule has 0 aliphatic carbocycles. The standard InChI is InChI=1S/C10H12N4OS/c1-15-10-9(12-4-5-13-10)8(14-11)7-3-2-6-16-7/h2-6,8,14H,11H2,1H3. The van der Waals surface area contributed by atoms with Crippen LogP contribution in [0.5, 0.6) is 5.88 Å². The fourth-order valence-electron chi connectivity index (χ4n) is 1.44. The van der Waals surface area contributed by atoms with Gasteiger partial charge in [-0.1, -0.05) is 6.07 Å². The van der Waals surface area contributed by atoms with Crippen LogP contribution in [0, 0.1) is 0 Å². The number of hydrazine groups is 1. The minimum absolute atomic E-state index is 0.191. The van der Waals surface area contributed by atoms with Crippen LogP contribution in [0.25, 0.3) is 0 Å². The van der Waals surface area contributed by atoms with E-state index < -0.39 is 0 Å². The number of aromatic nitrogens is 2. The topological polar surface area (TPSA) is 73.1 Å². The van der Waals surface area contributed by atoms with Gasteiger partial charge in [0.1, 0.15) is 11.7 Å². The third-order valence-corrected chi connectivity index (χ3v) is 3.09. The maximum atomic E-state index is 5.55. The van der Waals surface area contributed by atoms with E-state index in [1.807, 2.05) is 17.5 Å². The molecule has 6 heteroatoms. The van der Waals surface area contributed by atoms with Crippen LogP contribution < -0.4 is 16.0 Å². The van der Waals surface area contributed by atoms with Crippen molar-refractivity contribution < 1.29 is 4.74 Å². The number of rotatable bonds is 4. The lowest BCUT2D eigenvalue weighted by Crippen LogP contribution is -2.29. The Morgan fingerprint density at radius 2 is 2.25 bits per heavy atom. The van der Waals surface area contributed by atoms with Crippen LogP contribution in [0.3, 0.4) is 0 Å². The largest absolute Gasteiger partial charge is 0.480 e. The number of ether oxygens (including phenoxy) is 1. The molecule has 0 saturated carbocycles. The Hall–Kier alpha value is -1.50. The molecule has 0 saturated heterocycles. The summed E-state index contributed by atoms with van der Waals surface area (Å²) >= 11 is 1.60. The highest BCUT2D eigenvalue weighted by molar-refractivity contribution is 7.10. The molecule has 0 fully saturated rings. The van der Waals surface area contributed by atoms with E-state index in [-0.39, 0.29) is 6.04 Å². The number of hydrogen-bond acceptors (Lipinski definition) is 6. The van der Waals surface area contributed by atoms with Crippen molar-refractivity contribution >= 4 is 11.3 Å². The van der Waals surface area contributed by atoms with Gasteiger partial charge < -0.3 is 4.74 Å². The van der Waals surface area contributed by atoms with E-state index in [4.69, 9.17) is 10.6 Å². The van der Waals surface area contributed by atoms with Crippen LogP contribution in [0.15, 0.2) is 29.9 Å². The Morgan fingerprint density at radius 1 is 1.44 bits per heavy atom. The molecule has 3 N–H and O–H groups in total. The normalized spacial score (nSPS) is 12.4. The first-order chi connectivity index (χ1) is 7.86. The van der Waals surface area contributed by atoms with Crippen LogP contribution >= 0.6 is 11.3 Å². The van der Waals surface area contributed by atoms with Crippen molar-refractivity contribution in [3.05, 3.63) is 40.5 Å². The van der Waals surface area contributed by atoms with Gasteiger partial charge >= 0.3 is 0 Å². The van der Waals surface area contributed by atoms with Crippen LogP contribution in [0.1, 0.15) is 16.6 Å². The van der Waals surface area contributed by atoms with Gasteiger partial charge in [0.25, 0.3) is 0 Å². The van der Waals surface area contributed by atoms with Crippen molar-refractivity contribution in [1.82, 2.24) is 15.4 Å². The average Bonchev–Trinajstić information content (AvgIpc) is 2.84. The molecule has 2 heterocycles. The smallest absolute Gasteiger partial charge is 0.237 e. The molecule has 2 aromatic heterocycles. The van der Waals surface area contributed by atoms with Crippen LogP contribution in [0.4, 0.5) is 0 Å². The van der Waals surface area contributed by atoms with Gasteiger partial charge in [-0.05, 0) is 11.4 Å². The SMILES string of the molecule is COc1nccnc1C(NN)c1cccs1. The molecule has 5 nitrogen and oxygen atoms in total. The second kappa shape index (κ2) is 5.02. The zero-order valence-corrected chi connectivity index (χ0v) is 9.57. The Balaban J connectivity index is 2.41. The molecule has 2 aromatic rings. The van der Waals surface area contributed by atoms with E-state index in [0.29, 0.717) is 11.6 Å². The van der Waals surface area contributed by atoms with Gasteiger partial charge in [0.15, 0.2) is 0 Å². The second-order valence-electron chi connectivity index (χ2n) is 3.07. The molecule has 0 bridgehead atoms. The first kappa shape index (κ1) is 11.0. The second-order valence-corrected chi connectivity index (χ2v) is 4.05. The molecule has 2 rings (SSSR count). The molecule has 1 atom stereocenters. The van der Waals surface area contributed by atoms with Crippen LogP contribution in [0.2, 0.25) is 0 Å². The zero-order valence-electron chi connectivity index (χ0n) is 8.75. The van der Waals surface area contributed by atoms with E-state index in [9.17, 15) is 0 Å². The van der Waals surface area contributed by atoms with E-state index in [0.717, 1.165) is 4.88 Å². The maximum absolute atomic E-state index is 5.55. The summed E-state index contributed by atoms with van der Waals surface area (Å²) in [6, 6.07) is 3.76. The van der Waals surface area contributed by atoms with Crippen molar-refractivity contribution in [3.63, 3.8) is 0 Å². The van der Waals surface area contributed by atoms with Gasteiger partial charge in [-0.15, -0.1) is 11.3 Å². The summed E-state index contributed by atoms with van der Waals surface area (Å²) in [5, 5.41) is 1.99. The summed E-state index contributed by atoms with van der Waals surface area (Å²) in [5.41, 5.74) is 3.41. The molecule has 0 aliphatic heterocycles. The molecular formula is C10H12N4OS. The van der Waals surface area contributed by atoms with Gasteiger partial charge in [-0.2, -0.15) is 0 Å². The first-order valence-corrected chi connectivity index (χ1v) is 5.59. The highest BCUT2D eigenvalue weighted by Gasteiger charge is 2.19. The number of methoxy groups -OCH3 is 1. The van der Waals surface area contributed by atoms with Crippen molar-refractivity contribution in [2.24, 2.45) is 5.84 Å². The molecule has 0 radical (unpaired) electrons. The van der Waals surface area contributed by atoms with Crippen LogP contribution in [-0.2, 0) is 0 Å². The molecule has 0 amide bonds. The van der Waals surface area contributed by atoms with Crippen molar-refractivity contribution in [1.29, 1.82) is 0 Å². The van der Waals surface area contributed by atoms with Gasteiger partial charge in [0, 0.05) is 17.3 Å². The monoisotopic (exact) mass is 236 g/mol. The maximum Gasteiger partial charge on any atom is 0.237 e. The number of nitrogens with one attached hydrogen (secondary N) is 1. The Morgan fingerprint density at radius 3 is 2.88 bits per heavy atom. The van der Waals surface area contributed by atoms with Crippen molar-refractivity contribution in [3.8, 4) is 5.88 Å². The summed E-state index contributed by atoms with van der Waals surface area (Å²) in [4.78, 5) is 9.42. The van der Waals surface area contributed by atoms with Crippen molar-refractivity contribution in [2.75, 3.05) is 7.11 Å². The average molecular weight is 236 g/mol. The minimum atomic E-state index is -0.191. The Labute approximate surface area is 97.3 Å². The molecule has 0 spiro atoms. The predicted octanol–water partition coefficient (Wildman–Crippen LogP) is 1.10. The summed E-state index contributed by atoms with van der Waals surface area (Å²) in [5.74, 6) is 6.04. The molecule has 16 heavy (non-hydrogen) atoms. The quantitative estimate of drug-likeness (QED) is 0.614. The molecule has 84 valence electrons. The molecule has 0 aliphatic rings. The molecular weight excluding hydrogens is 224 g/mol. The Kier molecular flexibility index (Phi) is 3.45. The zero-order chi connectivity index (χ0) is 11.4. The lowest BCUT2D eigenvalue weighted by Gasteiger charge is -2.15. The third kappa shape index (κ3) is 2.04. The van der Waals surface area contributed by atoms with Gasteiger partial charge in [0.2, 0.25) is 5.88 Å². The molecule has 0 aromatic carbocycles. The number of hydrogen-bond donors (Lipinski definition) is 2. The fourth-order valence-corrected chi connectivity index (χ4v) is 2.23. The van der Waals surface area contributed by atoms with Crippen LogP contribution in [-0.4, -0.2) is 17.1 Å². The number of nitrogens with two attached hydrogens (primary N) is 1. The van der Waals surface area contributed by atoms with E-state index in [1.54, 1.807) is 30.8 Å². The number of nitrogens with zero attached hydrogens (tertiary/aromatic N) is 2. The van der Waals surface area contributed by atoms with E-state index in [1.165, 1.54) is 0 Å². The summed E-state index contributed by atoms with van der Waals surface area (Å²) in [6.45, 7) is 0. The minimum Gasteiger partial charge on any atom is -0.480 e. The van der Waals surface area contributed by atoms with Gasteiger partial charge in [-0.25, -0.2) is 10.4 Å². The third-order valence-electron chi connectivity index (χ3n) is 2.15. The van der Waals surface area contributed by atoms with Gasteiger partial charge in [-0.3, -0.25) is 10.8 Å². The summed E-state index contributed by atoms with van der Waals surface area (Å²) in [6.07, 6.45) is 3.21. The highest BCUT2D eigenvalue weighted by Crippen LogP contribution is 2.28. The Bertz CT molecular complexity index is 446. The summed E-state index contributed by atoms with van der Waals surface area (Å²) < 4.78 is 5.16. The summed E-state index contributed by atoms with van der Waals surface area (Å²) in [7, 11) is 1.56.